The van der Waals surface area contributed by atoms with Crippen molar-refractivity contribution in [1.82, 2.24) is 10.3 Å². The number of ether oxygens (including phenoxy) is 1. The van der Waals surface area contributed by atoms with E-state index >= 15 is 0 Å². The van der Waals surface area contributed by atoms with Crippen LogP contribution in [0.5, 0.6) is 0 Å². The molecule has 1 rings (SSSR count). The molecule has 0 spiro atoms. The van der Waals surface area contributed by atoms with Crippen molar-refractivity contribution in [2.75, 3.05) is 25.0 Å². The lowest BCUT2D eigenvalue weighted by Crippen LogP contribution is -2.32. The normalized spacial score (nSPS) is 11.9. The minimum Gasteiger partial charge on any atom is -0.384 e. The summed E-state index contributed by atoms with van der Waals surface area (Å²) in [6.45, 7) is 8.00. The molecule has 0 saturated carbocycles. The van der Waals surface area contributed by atoms with Gasteiger partial charge >= 0.3 is 0 Å². The summed E-state index contributed by atoms with van der Waals surface area (Å²) in [6, 6.07) is 3.59. The maximum absolute atomic E-state index is 11.8. The summed E-state index contributed by atoms with van der Waals surface area (Å²) in [6.07, 6.45) is 2.74. The molecular formula is C14H23N3O2. The van der Waals surface area contributed by atoms with Gasteiger partial charge in [0.2, 0.25) is 0 Å². The lowest BCUT2D eigenvalue weighted by Gasteiger charge is -2.12. The first kappa shape index (κ1) is 15.4. The van der Waals surface area contributed by atoms with Gasteiger partial charge in [-0.2, -0.15) is 0 Å². The number of aromatic nitrogens is 1. The summed E-state index contributed by atoms with van der Waals surface area (Å²) < 4.78 is 5.35. The number of hydrogen-bond donors (Lipinski definition) is 2. The Labute approximate surface area is 114 Å². The van der Waals surface area contributed by atoms with Crippen LogP contribution in [-0.2, 0) is 4.74 Å². The zero-order valence-electron chi connectivity index (χ0n) is 11.9. The van der Waals surface area contributed by atoms with E-state index in [1.54, 1.807) is 12.3 Å². The predicted octanol–water partition coefficient (Wildman–Crippen LogP) is 2.06. The molecule has 0 radical (unpaired) electrons. The van der Waals surface area contributed by atoms with Crippen LogP contribution in [0.25, 0.3) is 0 Å². The number of hydrogen-bond acceptors (Lipinski definition) is 4. The van der Waals surface area contributed by atoms with Crippen LogP contribution in [0.3, 0.4) is 0 Å². The highest BCUT2D eigenvalue weighted by molar-refractivity contribution is 5.92. The van der Waals surface area contributed by atoms with Crippen LogP contribution in [0.2, 0.25) is 0 Å². The van der Waals surface area contributed by atoms with Crippen LogP contribution < -0.4 is 10.6 Å². The van der Waals surface area contributed by atoms with Crippen molar-refractivity contribution in [2.45, 2.75) is 33.3 Å². The van der Waals surface area contributed by atoms with Gasteiger partial charge in [-0.25, -0.2) is 4.98 Å². The fourth-order valence-corrected chi connectivity index (χ4v) is 1.57. The molecule has 5 heteroatoms. The molecule has 1 aromatic rings. The highest BCUT2D eigenvalue weighted by atomic mass is 16.5. The largest absolute Gasteiger partial charge is 0.384 e. The van der Waals surface area contributed by atoms with Crippen molar-refractivity contribution in [3.8, 4) is 0 Å². The molecule has 106 valence electrons. The van der Waals surface area contributed by atoms with Crippen molar-refractivity contribution in [2.24, 2.45) is 0 Å². The lowest BCUT2D eigenvalue weighted by molar-refractivity contribution is 0.0693. The number of nitrogens with zero attached hydrogens (tertiary/aromatic N) is 1. The van der Waals surface area contributed by atoms with Gasteiger partial charge in [0, 0.05) is 19.7 Å². The molecule has 0 aromatic carbocycles. The standard InChI is InChI=1S/C14H23N3O2/c1-4-8-15-12-6-7-13(16-10-12)14(18)17-9-11(3)19-5-2/h6-7,10-11,15H,4-5,8-9H2,1-3H3,(H,17,18). The number of anilines is 1. The number of pyridine rings is 1. The second-order valence-electron chi connectivity index (χ2n) is 4.33. The number of rotatable bonds is 8. The molecule has 0 saturated heterocycles. The van der Waals surface area contributed by atoms with E-state index in [1.165, 1.54) is 0 Å². The molecule has 2 N–H and O–H groups in total. The SMILES string of the molecule is CCCNc1ccc(C(=O)NCC(C)OCC)nc1. The van der Waals surface area contributed by atoms with Gasteiger partial charge in [-0.15, -0.1) is 0 Å². The Kier molecular flexibility index (Phi) is 6.89. The highest BCUT2D eigenvalue weighted by Crippen LogP contribution is 2.06. The van der Waals surface area contributed by atoms with Gasteiger partial charge in [-0.3, -0.25) is 4.79 Å². The monoisotopic (exact) mass is 265 g/mol. The van der Waals surface area contributed by atoms with Crippen molar-refractivity contribution in [3.63, 3.8) is 0 Å². The van der Waals surface area contributed by atoms with Gasteiger partial charge in [0.05, 0.1) is 18.0 Å². The number of nitrogens with one attached hydrogen (secondary N) is 2. The average molecular weight is 265 g/mol. The Morgan fingerprint density at radius 1 is 1.42 bits per heavy atom. The summed E-state index contributed by atoms with van der Waals surface area (Å²) in [7, 11) is 0. The smallest absolute Gasteiger partial charge is 0.269 e. The first-order valence-electron chi connectivity index (χ1n) is 6.77. The lowest BCUT2D eigenvalue weighted by atomic mass is 10.3. The molecule has 19 heavy (non-hydrogen) atoms. The first-order chi connectivity index (χ1) is 9.17. The van der Waals surface area contributed by atoms with Crippen LogP contribution in [-0.4, -0.2) is 36.7 Å². The minimum absolute atomic E-state index is 0.0134. The third-order valence-corrected chi connectivity index (χ3v) is 2.58. The van der Waals surface area contributed by atoms with Gasteiger partial charge < -0.3 is 15.4 Å². The molecule has 1 atom stereocenters. The molecule has 0 aliphatic heterocycles. The van der Waals surface area contributed by atoms with E-state index in [0.29, 0.717) is 18.8 Å². The molecule has 1 aromatic heterocycles. The second-order valence-corrected chi connectivity index (χ2v) is 4.33. The van der Waals surface area contributed by atoms with Crippen molar-refractivity contribution >= 4 is 11.6 Å². The van der Waals surface area contributed by atoms with Crippen molar-refractivity contribution in [3.05, 3.63) is 24.0 Å². The van der Waals surface area contributed by atoms with E-state index < -0.39 is 0 Å². The Balaban J connectivity index is 2.44. The number of carbonyl (C=O) groups is 1. The molecular weight excluding hydrogens is 242 g/mol. The molecule has 0 aliphatic carbocycles. The molecule has 0 fully saturated rings. The van der Waals surface area contributed by atoms with Gasteiger partial charge in [-0.1, -0.05) is 6.92 Å². The van der Waals surface area contributed by atoms with Gasteiger partial charge in [0.15, 0.2) is 0 Å². The Bertz CT molecular complexity index is 379. The van der Waals surface area contributed by atoms with Gasteiger partial charge in [0.25, 0.3) is 5.91 Å². The molecule has 5 nitrogen and oxygen atoms in total. The average Bonchev–Trinajstić information content (AvgIpc) is 2.43. The van der Waals surface area contributed by atoms with Crippen LogP contribution in [0.4, 0.5) is 5.69 Å². The van der Waals surface area contributed by atoms with Crippen LogP contribution >= 0.6 is 0 Å². The van der Waals surface area contributed by atoms with Crippen LogP contribution in [0.1, 0.15) is 37.7 Å². The van der Waals surface area contributed by atoms with E-state index in [2.05, 4.69) is 22.5 Å². The van der Waals surface area contributed by atoms with E-state index in [4.69, 9.17) is 4.74 Å². The zero-order valence-corrected chi connectivity index (χ0v) is 11.9. The van der Waals surface area contributed by atoms with Gasteiger partial charge in [-0.05, 0) is 32.4 Å². The minimum atomic E-state index is -0.173. The fraction of sp³-hybridized carbons (Fsp3) is 0.571. The Morgan fingerprint density at radius 3 is 2.79 bits per heavy atom. The topological polar surface area (TPSA) is 63.2 Å². The van der Waals surface area contributed by atoms with Crippen molar-refractivity contribution < 1.29 is 9.53 Å². The van der Waals surface area contributed by atoms with E-state index in [0.717, 1.165) is 18.7 Å². The maximum Gasteiger partial charge on any atom is 0.269 e. The Hall–Kier alpha value is -1.62. The zero-order chi connectivity index (χ0) is 14.1. The summed E-state index contributed by atoms with van der Waals surface area (Å²) >= 11 is 0. The third kappa shape index (κ3) is 5.70. The molecule has 1 unspecified atom stereocenters. The predicted molar refractivity (Wildman–Crippen MR) is 76.4 cm³/mol. The second kappa shape index (κ2) is 8.48. The van der Waals surface area contributed by atoms with Crippen LogP contribution in [0.15, 0.2) is 18.3 Å². The van der Waals surface area contributed by atoms with E-state index in [-0.39, 0.29) is 12.0 Å². The summed E-state index contributed by atoms with van der Waals surface area (Å²) in [5.41, 5.74) is 1.35. The number of amides is 1. The summed E-state index contributed by atoms with van der Waals surface area (Å²) in [4.78, 5) is 16.0. The van der Waals surface area contributed by atoms with E-state index in [1.807, 2.05) is 19.9 Å². The Morgan fingerprint density at radius 2 is 2.21 bits per heavy atom. The molecule has 1 amide bonds. The fourth-order valence-electron chi connectivity index (χ4n) is 1.57. The first-order valence-corrected chi connectivity index (χ1v) is 6.77. The van der Waals surface area contributed by atoms with E-state index in [9.17, 15) is 4.79 Å². The summed E-state index contributed by atoms with van der Waals surface area (Å²) in [5, 5.41) is 6.01. The van der Waals surface area contributed by atoms with Crippen molar-refractivity contribution in [1.29, 1.82) is 0 Å². The molecule has 0 aliphatic rings. The van der Waals surface area contributed by atoms with Gasteiger partial charge in [0.1, 0.15) is 5.69 Å². The third-order valence-electron chi connectivity index (χ3n) is 2.58. The van der Waals surface area contributed by atoms with Crippen LogP contribution in [0, 0.1) is 0 Å². The quantitative estimate of drug-likeness (QED) is 0.755. The highest BCUT2D eigenvalue weighted by Gasteiger charge is 2.08. The molecule has 0 bridgehead atoms. The maximum atomic E-state index is 11.8. The number of carbonyl (C=O) groups excluding carboxylic acids is 1. The summed E-state index contributed by atoms with van der Waals surface area (Å²) in [5.74, 6) is -0.173. The molecule has 1 heterocycles.